The Kier molecular flexibility index (Phi) is 11.5. The minimum Gasteiger partial charge on any atom is -0.481 e. The van der Waals surface area contributed by atoms with Crippen LogP contribution in [0, 0.1) is 0 Å². The highest BCUT2D eigenvalue weighted by Gasteiger charge is 2.29. The van der Waals surface area contributed by atoms with Crippen LogP contribution in [0.25, 0.3) is 11.1 Å². The number of carbonyl (C=O) groups is 3. The maximum atomic E-state index is 12.9. The van der Waals surface area contributed by atoms with E-state index in [0.29, 0.717) is 37.3 Å². The molecule has 1 aliphatic rings. The molecule has 0 aromatic heterocycles. The van der Waals surface area contributed by atoms with Crippen LogP contribution in [-0.2, 0) is 20.9 Å². The van der Waals surface area contributed by atoms with Gasteiger partial charge in [-0.1, -0.05) is 78.9 Å². The number of ether oxygens (including phenoxy) is 2. The normalized spacial score (nSPS) is 12.6. The van der Waals surface area contributed by atoms with Gasteiger partial charge in [0.1, 0.15) is 13.2 Å². The Morgan fingerprint density at radius 1 is 0.829 bits per heavy atom. The van der Waals surface area contributed by atoms with Gasteiger partial charge in [0.05, 0.1) is 0 Å². The lowest BCUT2D eigenvalue weighted by Crippen LogP contribution is -2.38. The second kappa shape index (κ2) is 15.7. The monoisotopic (exact) mass is 576 g/mol. The Labute approximate surface area is 244 Å². The first-order valence-corrected chi connectivity index (χ1v) is 15.0. The molecule has 8 nitrogen and oxygen atoms in total. The van der Waals surface area contributed by atoms with Crippen molar-refractivity contribution < 1.29 is 29.0 Å². The van der Waals surface area contributed by atoms with E-state index in [4.69, 9.17) is 14.6 Å². The van der Waals surface area contributed by atoms with Gasteiger partial charge in [0.2, 0.25) is 0 Å². The molecular formula is C32H36N2O6S. The van der Waals surface area contributed by atoms with Crippen molar-refractivity contribution in [3.63, 3.8) is 0 Å². The average Bonchev–Trinajstić information content (AvgIpc) is 3.30. The van der Waals surface area contributed by atoms with Gasteiger partial charge in [0.15, 0.2) is 0 Å². The van der Waals surface area contributed by atoms with Crippen molar-refractivity contribution in [1.29, 1.82) is 0 Å². The summed E-state index contributed by atoms with van der Waals surface area (Å²) in [4.78, 5) is 35.7. The van der Waals surface area contributed by atoms with E-state index in [1.807, 2.05) is 54.6 Å². The highest BCUT2D eigenvalue weighted by molar-refractivity contribution is 7.99. The van der Waals surface area contributed by atoms with Gasteiger partial charge < -0.3 is 25.2 Å². The quantitative estimate of drug-likeness (QED) is 0.185. The second-order valence-corrected chi connectivity index (χ2v) is 11.0. The fourth-order valence-electron chi connectivity index (χ4n) is 4.87. The SMILES string of the molecule is O=C(O)CCCSC[C@@H](CCCNC(=O)OCc1ccccc1)NC(=O)OCC1c2ccccc2-c2ccccc21. The van der Waals surface area contributed by atoms with E-state index in [9.17, 15) is 14.4 Å². The fourth-order valence-corrected chi connectivity index (χ4v) is 5.92. The number of carboxylic acids is 1. The van der Waals surface area contributed by atoms with Crippen molar-refractivity contribution in [3.8, 4) is 11.1 Å². The summed E-state index contributed by atoms with van der Waals surface area (Å²) in [5.74, 6) is 0.453. The van der Waals surface area contributed by atoms with Crippen LogP contribution < -0.4 is 10.6 Å². The van der Waals surface area contributed by atoms with Gasteiger partial charge in [-0.25, -0.2) is 9.59 Å². The molecule has 3 aromatic rings. The van der Waals surface area contributed by atoms with Crippen LogP contribution in [0.3, 0.4) is 0 Å². The highest BCUT2D eigenvalue weighted by atomic mass is 32.2. The number of thioether (sulfide) groups is 1. The molecule has 3 aromatic carbocycles. The summed E-state index contributed by atoms with van der Waals surface area (Å²) in [6, 6.07) is 25.7. The molecule has 4 rings (SSSR count). The Hall–Kier alpha value is -3.98. The third kappa shape index (κ3) is 9.28. The van der Waals surface area contributed by atoms with Crippen molar-refractivity contribution in [1.82, 2.24) is 10.6 Å². The molecule has 216 valence electrons. The van der Waals surface area contributed by atoms with E-state index >= 15 is 0 Å². The number of hydrogen-bond acceptors (Lipinski definition) is 6. The molecule has 1 atom stereocenters. The van der Waals surface area contributed by atoms with Crippen LogP contribution in [0.1, 0.15) is 48.3 Å². The summed E-state index contributed by atoms with van der Waals surface area (Å²) in [7, 11) is 0. The largest absolute Gasteiger partial charge is 0.481 e. The zero-order valence-electron chi connectivity index (χ0n) is 22.9. The Balaban J connectivity index is 1.24. The molecule has 1 aliphatic carbocycles. The number of rotatable bonds is 15. The number of hydrogen-bond donors (Lipinski definition) is 3. The third-order valence-corrected chi connectivity index (χ3v) is 8.09. The zero-order valence-corrected chi connectivity index (χ0v) is 23.7. The van der Waals surface area contributed by atoms with E-state index in [-0.39, 0.29) is 31.6 Å². The molecular weight excluding hydrogens is 540 g/mol. The van der Waals surface area contributed by atoms with Gasteiger partial charge in [0.25, 0.3) is 0 Å². The smallest absolute Gasteiger partial charge is 0.407 e. The number of amides is 2. The zero-order chi connectivity index (χ0) is 28.9. The first-order valence-electron chi connectivity index (χ1n) is 13.9. The number of carboxylic acid groups (broad SMARTS) is 1. The van der Waals surface area contributed by atoms with Crippen molar-refractivity contribution in [3.05, 3.63) is 95.6 Å². The van der Waals surface area contributed by atoms with E-state index in [1.54, 1.807) is 11.8 Å². The van der Waals surface area contributed by atoms with E-state index in [0.717, 1.165) is 16.7 Å². The summed E-state index contributed by atoms with van der Waals surface area (Å²) in [5.41, 5.74) is 5.55. The molecule has 0 radical (unpaired) electrons. The molecule has 0 saturated carbocycles. The van der Waals surface area contributed by atoms with Crippen LogP contribution in [0.15, 0.2) is 78.9 Å². The van der Waals surface area contributed by atoms with Crippen molar-refractivity contribution in [2.45, 2.75) is 44.2 Å². The number of nitrogens with one attached hydrogen (secondary N) is 2. The maximum Gasteiger partial charge on any atom is 0.407 e. The first kappa shape index (κ1) is 30.0. The summed E-state index contributed by atoms with van der Waals surface area (Å²) in [6.45, 7) is 0.832. The number of carbonyl (C=O) groups excluding carboxylic acids is 2. The summed E-state index contributed by atoms with van der Waals surface area (Å²) in [6.07, 6.45) is 0.953. The lowest BCUT2D eigenvalue weighted by molar-refractivity contribution is -0.137. The van der Waals surface area contributed by atoms with E-state index < -0.39 is 18.2 Å². The number of fused-ring (bicyclic) bond motifs is 3. The molecule has 0 aliphatic heterocycles. The molecule has 0 spiro atoms. The topological polar surface area (TPSA) is 114 Å². The molecule has 41 heavy (non-hydrogen) atoms. The predicted molar refractivity (Wildman–Crippen MR) is 160 cm³/mol. The first-order chi connectivity index (χ1) is 20.0. The molecule has 0 saturated heterocycles. The molecule has 2 amide bonds. The lowest BCUT2D eigenvalue weighted by atomic mass is 9.98. The molecule has 0 fully saturated rings. The summed E-state index contributed by atoms with van der Waals surface area (Å²) >= 11 is 1.59. The Bertz CT molecular complexity index is 1260. The molecule has 0 heterocycles. The van der Waals surface area contributed by atoms with Crippen LogP contribution in [0.4, 0.5) is 9.59 Å². The Morgan fingerprint density at radius 2 is 1.49 bits per heavy atom. The van der Waals surface area contributed by atoms with Gasteiger partial charge in [0, 0.05) is 30.7 Å². The van der Waals surface area contributed by atoms with E-state index in [2.05, 4.69) is 34.9 Å². The highest BCUT2D eigenvalue weighted by Crippen LogP contribution is 2.44. The van der Waals surface area contributed by atoms with Crippen LogP contribution in [0.5, 0.6) is 0 Å². The molecule has 0 unspecified atom stereocenters. The van der Waals surface area contributed by atoms with Crippen molar-refractivity contribution >= 4 is 29.9 Å². The molecule has 3 N–H and O–H groups in total. The molecule has 0 bridgehead atoms. The molecule has 9 heteroatoms. The van der Waals surface area contributed by atoms with Crippen LogP contribution >= 0.6 is 11.8 Å². The van der Waals surface area contributed by atoms with Crippen LogP contribution in [0.2, 0.25) is 0 Å². The van der Waals surface area contributed by atoms with Gasteiger partial charge in [-0.05, 0) is 52.8 Å². The fraction of sp³-hybridized carbons (Fsp3) is 0.344. The van der Waals surface area contributed by atoms with Gasteiger partial charge in [-0.2, -0.15) is 11.8 Å². The van der Waals surface area contributed by atoms with Crippen molar-refractivity contribution in [2.24, 2.45) is 0 Å². The van der Waals surface area contributed by atoms with Crippen LogP contribution in [-0.4, -0.2) is 54.0 Å². The summed E-state index contributed by atoms with van der Waals surface area (Å²) < 4.78 is 11.0. The minimum absolute atomic E-state index is 0.0249. The van der Waals surface area contributed by atoms with Gasteiger partial charge >= 0.3 is 18.2 Å². The average molecular weight is 577 g/mol. The number of benzene rings is 3. The third-order valence-electron chi connectivity index (χ3n) is 6.88. The van der Waals surface area contributed by atoms with Gasteiger partial charge in [-0.3, -0.25) is 4.79 Å². The van der Waals surface area contributed by atoms with Gasteiger partial charge in [-0.15, -0.1) is 0 Å². The summed E-state index contributed by atoms with van der Waals surface area (Å²) in [5, 5.41) is 14.6. The Morgan fingerprint density at radius 3 is 2.17 bits per heavy atom. The van der Waals surface area contributed by atoms with E-state index in [1.165, 1.54) is 11.1 Å². The second-order valence-electron chi connectivity index (χ2n) is 9.87. The maximum absolute atomic E-state index is 12.9. The standard InChI is InChI=1S/C32H36N2O6S/c35-30(36)17-9-19-41-22-24(12-8-18-33-31(37)39-20-23-10-2-1-3-11-23)34-32(38)40-21-29-27-15-6-4-13-25(27)26-14-5-7-16-28(26)29/h1-7,10-11,13-16,24,29H,8-9,12,17-22H2,(H,33,37)(H,34,38)(H,35,36)/t24-/m1/s1. The lowest BCUT2D eigenvalue weighted by Gasteiger charge is -2.20. The van der Waals surface area contributed by atoms with Crippen molar-refractivity contribution in [2.75, 3.05) is 24.7 Å². The minimum atomic E-state index is -0.816. The number of aliphatic carboxylic acids is 1. The number of alkyl carbamates (subject to hydrolysis) is 2. The predicted octanol–water partition coefficient (Wildman–Crippen LogP) is 6.20.